The molecule has 0 fully saturated rings. The minimum absolute atomic E-state index is 0.443. The second-order valence-corrected chi connectivity index (χ2v) is 6.01. The van der Waals surface area contributed by atoms with Crippen molar-refractivity contribution in [3.63, 3.8) is 0 Å². The fraction of sp³-hybridized carbons (Fsp3) is 0.133. The standard InChI is InChI=1S/C15H13BrN2S/c16-12-5-6-13(15(17)19)14(7-12)18-8-10-3-1-2-4-11(10)9-18/h1-7H,8-9H2,(H2,17,19). The van der Waals surface area contributed by atoms with Gasteiger partial charge in [0, 0.05) is 28.8 Å². The van der Waals surface area contributed by atoms with Gasteiger partial charge in [-0.2, -0.15) is 0 Å². The van der Waals surface area contributed by atoms with Crippen molar-refractivity contribution < 1.29 is 0 Å². The molecule has 1 heterocycles. The van der Waals surface area contributed by atoms with Crippen LogP contribution in [0, 0.1) is 0 Å². The Bertz CT molecular complexity index is 629. The zero-order valence-electron chi connectivity index (χ0n) is 10.3. The Hall–Kier alpha value is -1.39. The molecular formula is C15H13BrN2S. The molecule has 0 aromatic heterocycles. The van der Waals surface area contributed by atoms with Crippen molar-refractivity contribution in [2.45, 2.75) is 13.1 Å². The summed E-state index contributed by atoms with van der Waals surface area (Å²) in [4.78, 5) is 2.75. The molecule has 19 heavy (non-hydrogen) atoms. The van der Waals surface area contributed by atoms with Crippen LogP contribution < -0.4 is 10.6 Å². The molecule has 0 amide bonds. The van der Waals surface area contributed by atoms with Gasteiger partial charge in [-0.1, -0.05) is 52.4 Å². The summed E-state index contributed by atoms with van der Waals surface area (Å²) in [6.07, 6.45) is 0. The van der Waals surface area contributed by atoms with E-state index in [4.69, 9.17) is 18.0 Å². The van der Waals surface area contributed by atoms with Gasteiger partial charge in [-0.15, -0.1) is 0 Å². The van der Waals surface area contributed by atoms with Gasteiger partial charge in [0.2, 0.25) is 0 Å². The molecule has 0 saturated heterocycles. The molecule has 2 aromatic carbocycles. The van der Waals surface area contributed by atoms with E-state index in [1.165, 1.54) is 11.1 Å². The third-order valence-corrected chi connectivity index (χ3v) is 4.12. The molecule has 4 heteroatoms. The second-order valence-electron chi connectivity index (χ2n) is 4.65. The molecule has 0 radical (unpaired) electrons. The minimum atomic E-state index is 0.443. The van der Waals surface area contributed by atoms with Gasteiger partial charge in [0.25, 0.3) is 0 Å². The molecule has 2 nitrogen and oxygen atoms in total. The van der Waals surface area contributed by atoms with E-state index in [2.05, 4.69) is 51.2 Å². The van der Waals surface area contributed by atoms with E-state index in [1.807, 2.05) is 12.1 Å². The molecule has 0 saturated carbocycles. The van der Waals surface area contributed by atoms with Crippen molar-refractivity contribution >= 4 is 38.8 Å². The van der Waals surface area contributed by atoms with Gasteiger partial charge in [0.05, 0.1) is 0 Å². The summed E-state index contributed by atoms with van der Waals surface area (Å²) in [6.45, 7) is 1.81. The highest BCUT2D eigenvalue weighted by Crippen LogP contribution is 2.32. The largest absolute Gasteiger partial charge is 0.389 e. The Morgan fingerprint density at radius 2 is 1.74 bits per heavy atom. The van der Waals surface area contributed by atoms with E-state index in [9.17, 15) is 0 Å². The maximum absolute atomic E-state index is 5.83. The predicted molar refractivity (Wildman–Crippen MR) is 86.4 cm³/mol. The summed E-state index contributed by atoms with van der Waals surface area (Å²) in [5, 5.41) is 0. The van der Waals surface area contributed by atoms with Gasteiger partial charge in [0.1, 0.15) is 4.99 Å². The third-order valence-electron chi connectivity index (χ3n) is 3.41. The highest BCUT2D eigenvalue weighted by atomic mass is 79.9. The normalized spacial score (nSPS) is 13.4. The van der Waals surface area contributed by atoms with E-state index in [0.29, 0.717) is 4.99 Å². The van der Waals surface area contributed by atoms with Crippen LogP contribution in [0.3, 0.4) is 0 Å². The Kier molecular flexibility index (Phi) is 3.29. The first-order chi connectivity index (χ1) is 9.15. The topological polar surface area (TPSA) is 29.3 Å². The average Bonchev–Trinajstić information content (AvgIpc) is 2.81. The molecule has 0 aliphatic carbocycles. The van der Waals surface area contributed by atoms with E-state index >= 15 is 0 Å². The van der Waals surface area contributed by atoms with Crippen molar-refractivity contribution in [2.75, 3.05) is 4.90 Å². The van der Waals surface area contributed by atoms with E-state index in [-0.39, 0.29) is 0 Å². The van der Waals surface area contributed by atoms with Gasteiger partial charge < -0.3 is 10.6 Å². The van der Waals surface area contributed by atoms with Crippen molar-refractivity contribution in [1.29, 1.82) is 0 Å². The highest BCUT2D eigenvalue weighted by molar-refractivity contribution is 9.10. The van der Waals surface area contributed by atoms with E-state index in [0.717, 1.165) is 28.8 Å². The Labute approximate surface area is 126 Å². The number of benzene rings is 2. The zero-order chi connectivity index (χ0) is 13.4. The molecule has 0 spiro atoms. The minimum Gasteiger partial charge on any atom is -0.389 e. The van der Waals surface area contributed by atoms with Crippen LogP contribution in [-0.2, 0) is 13.1 Å². The smallest absolute Gasteiger partial charge is 0.106 e. The molecule has 1 aliphatic heterocycles. The number of halogens is 1. The molecule has 0 bridgehead atoms. The SMILES string of the molecule is NC(=S)c1ccc(Br)cc1N1Cc2ccccc2C1. The molecule has 0 atom stereocenters. The maximum Gasteiger partial charge on any atom is 0.106 e. The number of thiocarbonyl (C=S) groups is 1. The number of anilines is 1. The predicted octanol–water partition coefficient (Wildman–Crippen LogP) is 3.60. The lowest BCUT2D eigenvalue weighted by atomic mass is 10.1. The summed E-state index contributed by atoms with van der Waals surface area (Å²) < 4.78 is 1.04. The summed E-state index contributed by atoms with van der Waals surface area (Å²) in [6, 6.07) is 14.5. The summed E-state index contributed by atoms with van der Waals surface area (Å²) >= 11 is 8.67. The number of hydrogen-bond acceptors (Lipinski definition) is 2. The fourth-order valence-electron chi connectivity index (χ4n) is 2.48. The van der Waals surface area contributed by atoms with Crippen molar-refractivity contribution in [3.05, 3.63) is 63.6 Å². The van der Waals surface area contributed by atoms with Crippen molar-refractivity contribution in [2.24, 2.45) is 5.73 Å². The first-order valence-corrected chi connectivity index (χ1v) is 7.26. The van der Waals surface area contributed by atoms with Gasteiger partial charge in [-0.25, -0.2) is 0 Å². The van der Waals surface area contributed by atoms with E-state index < -0.39 is 0 Å². The third kappa shape index (κ3) is 2.38. The lowest BCUT2D eigenvalue weighted by Gasteiger charge is -2.21. The molecule has 2 aromatic rings. The number of fused-ring (bicyclic) bond motifs is 1. The van der Waals surface area contributed by atoms with Crippen LogP contribution in [0.5, 0.6) is 0 Å². The quantitative estimate of drug-likeness (QED) is 0.852. The average molecular weight is 333 g/mol. The number of nitrogens with two attached hydrogens (primary N) is 1. The van der Waals surface area contributed by atoms with Gasteiger partial charge in [0.15, 0.2) is 0 Å². The highest BCUT2D eigenvalue weighted by Gasteiger charge is 2.21. The maximum atomic E-state index is 5.83. The molecule has 0 unspecified atom stereocenters. The number of hydrogen-bond donors (Lipinski definition) is 1. The fourth-order valence-corrected chi connectivity index (χ4v) is 3.00. The zero-order valence-corrected chi connectivity index (χ0v) is 12.7. The van der Waals surface area contributed by atoms with Crippen LogP contribution in [0.15, 0.2) is 46.9 Å². The monoisotopic (exact) mass is 332 g/mol. The lowest BCUT2D eigenvalue weighted by Crippen LogP contribution is -2.20. The molecule has 3 rings (SSSR count). The summed E-state index contributed by atoms with van der Waals surface area (Å²) in [7, 11) is 0. The Balaban J connectivity index is 2.01. The summed E-state index contributed by atoms with van der Waals surface area (Å²) in [5.74, 6) is 0. The first-order valence-electron chi connectivity index (χ1n) is 6.06. The molecule has 96 valence electrons. The molecule has 2 N–H and O–H groups in total. The van der Waals surface area contributed by atoms with Crippen LogP contribution >= 0.6 is 28.1 Å². The molecular weight excluding hydrogens is 320 g/mol. The number of rotatable bonds is 2. The lowest BCUT2D eigenvalue weighted by molar-refractivity contribution is 0.879. The van der Waals surface area contributed by atoms with Crippen LogP contribution in [0.25, 0.3) is 0 Å². The van der Waals surface area contributed by atoms with E-state index in [1.54, 1.807) is 0 Å². The van der Waals surface area contributed by atoms with Gasteiger partial charge >= 0.3 is 0 Å². The Morgan fingerprint density at radius 1 is 1.11 bits per heavy atom. The van der Waals surface area contributed by atoms with Crippen LogP contribution in [0.4, 0.5) is 5.69 Å². The van der Waals surface area contributed by atoms with Crippen molar-refractivity contribution in [3.8, 4) is 0 Å². The second kappa shape index (κ2) is 4.94. The Morgan fingerprint density at radius 3 is 2.32 bits per heavy atom. The van der Waals surface area contributed by atoms with Crippen molar-refractivity contribution in [1.82, 2.24) is 0 Å². The van der Waals surface area contributed by atoms with Crippen LogP contribution in [-0.4, -0.2) is 4.99 Å². The summed E-state index contributed by atoms with van der Waals surface area (Å²) in [5.41, 5.74) is 10.6. The van der Waals surface area contributed by atoms with Crippen LogP contribution in [0.1, 0.15) is 16.7 Å². The number of nitrogens with zero attached hydrogens (tertiary/aromatic N) is 1. The van der Waals surface area contributed by atoms with Gasteiger partial charge in [-0.3, -0.25) is 0 Å². The molecule has 1 aliphatic rings. The van der Waals surface area contributed by atoms with Gasteiger partial charge in [-0.05, 0) is 29.3 Å². The van der Waals surface area contributed by atoms with Crippen LogP contribution in [0.2, 0.25) is 0 Å². The first kappa shape index (κ1) is 12.6.